The van der Waals surface area contributed by atoms with Crippen LogP contribution in [0.15, 0.2) is 71.9 Å². The molecule has 1 saturated heterocycles. The normalized spacial score (nSPS) is 16.7. The second kappa shape index (κ2) is 9.62. The van der Waals surface area contributed by atoms with Gasteiger partial charge >= 0.3 is 0 Å². The number of H-pyrrole nitrogens is 1. The van der Waals surface area contributed by atoms with Crippen molar-refractivity contribution in [2.45, 2.75) is 11.4 Å². The number of ether oxygens (including phenoxy) is 2. The summed E-state index contributed by atoms with van der Waals surface area (Å²) in [5.41, 5.74) is 5.27. The third-order valence-corrected chi connectivity index (χ3v) is 8.70. The minimum absolute atomic E-state index is 0.170. The predicted octanol–water partition coefficient (Wildman–Crippen LogP) is 3.29. The highest BCUT2D eigenvalue weighted by atomic mass is 32.2. The van der Waals surface area contributed by atoms with E-state index < -0.39 is 10.0 Å². The number of hydrogen-bond acceptors (Lipinski definition) is 6. The molecule has 1 aromatic heterocycles. The summed E-state index contributed by atoms with van der Waals surface area (Å²) in [4.78, 5) is 22.7. The van der Waals surface area contributed by atoms with Crippen LogP contribution in [0.4, 0.5) is 0 Å². The number of imidazole rings is 1. The summed E-state index contributed by atoms with van der Waals surface area (Å²) in [6, 6.07) is 18.2. The molecule has 1 fully saturated rings. The van der Waals surface area contributed by atoms with Crippen LogP contribution >= 0.6 is 0 Å². The molecule has 0 spiro atoms. The lowest BCUT2D eigenvalue weighted by atomic mass is 10.0. The Hall–Kier alpha value is -3.73. The zero-order valence-corrected chi connectivity index (χ0v) is 20.9. The van der Waals surface area contributed by atoms with Crippen LogP contribution in [0.25, 0.3) is 22.2 Å². The van der Waals surface area contributed by atoms with Crippen molar-refractivity contribution in [2.75, 3.05) is 39.5 Å². The first-order chi connectivity index (χ1) is 18.0. The second-order valence-electron chi connectivity index (χ2n) is 9.07. The molecule has 4 aromatic rings. The Labute approximate surface area is 214 Å². The highest BCUT2D eigenvalue weighted by Crippen LogP contribution is 2.31. The van der Waals surface area contributed by atoms with Crippen molar-refractivity contribution >= 4 is 27.0 Å². The van der Waals surface area contributed by atoms with Crippen molar-refractivity contribution in [1.82, 2.24) is 19.2 Å². The first kappa shape index (κ1) is 23.7. The zero-order valence-electron chi connectivity index (χ0n) is 20.1. The molecule has 1 N–H and O–H groups in total. The van der Waals surface area contributed by atoms with Gasteiger partial charge in [-0.3, -0.25) is 4.79 Å². The maximum absolute atomic E-state index is 13.4. The largest absolute Gasteiger partial charge is 0.491 e. The average molecular weight is 519 g/mol. The first-order valence-corrected chi connectivity index (χ1v) is 13.6. The highest BCUT2D eigenvalue weighted by Gasteiger charge is 2.27. The van der Waals surface area contributed by atoms with E-state index in [1.807, 2.05) is 24.3 Å². The molecule has 0 radical (unpaired) electrons. The van der Waals surface area contributed by atoms with Crippen LogP contribution in [-0.2, 0) is 21.3 Å². The number of nitrogens with zero attached hydrogens (tertiary/aromatic N) is 3. The molecule has 0 atom stereocenters. The number of nitrogens with one attached hydrogen (secondary N) is 1. The number of carbonyl (C=O) groups excluding carboxylic acids is 1. The fourth-order valence-electron chi connectivity index (χ4n) is 4.75. The van der Waals surface area contributed by atoms with E-state index >= 15 is 0 Å². The standard InChI is InChI=1S/C27H26N4O5S/c32-27(19-1-5-23(6-2-19)37(33,34)31-10-12-35-13-11-31)30-9-14-36-26-8-4-20(15-22(26)17-30)21-3-7-24-25(16-21)29-18-28-24/h1-8,15-16,18H,9-14,17H2,(H,28,29). The van der Waals surface area contributed by atoms with Crippen LogP contribution in [0, 0.1) is 0 Å². The third kappa shape index (κ3) is 4.59. The lowest BCUT2D eigenvalue weighted by molar-refractivity contribution is 0.0730. The molecule has 2 aliphatic rings. The SMILES string of the molecule is O=C(c1ccc(S(=O)(=O)N2CCOCC2)cc1)N1CCOc2ccc(-c3ccc4nc[nH]c4c3)cc2C1. The number of aromatic amines is 1. The number of hydrogen-bond donors (Lipinski definition) is 1. The lowest BCUT2D eigenvalue weighted by Gasteiger charge is -2.26. The van der Waals surface area contributed by atoms with Gasteiger partial charge in [0, 0.05) is 30.8 Å². The van der Waals surface area contributed by atoms with Gasteiger partial charge in [0.05, 0.1) is 42.0 Å². The Morgan fingerprint density at radius 3 is 2.46 bits per heavy atom. The molecule has 2 aliphatic heterocycles. The van der Waals surface area contributed by atoms with Crippen molar-refractivity contribution in [3.05, 3.63) is 78.1 Å². The van der Waals surface area contributed by atoms with E-state index in [0.29, 0.717) is 51.6 Å². The quantitative estimate of drug-likeness (QED) is 0.445. The van der Waals surface area contributed by atoms with E-state index in [0.717, 1.165) is 33.5 Å². The Morgan fingerprint density at radius 1 is 0.892 bits per heavy atom. The topological polar surface area (TPSA) is 105 Å². The molecule has 3 heterocycles. The number of morpholine rings is 1. The van der Waals surface area contributed by atoms with Gasteiger partial charge in [-0.15, -0.1) is 0 Å². The summed E-state index contributed by atoms with van der Waals surface area (Å²) >= 11 is 0. The molecule has 190 valence electrons. The van der Waals surface area contributed by atoms with Gasteiger partial charge in [-0.25, -0.2) is 13.4 Å². The summed E-state index contributed by atoms with van der Waals surface area (Å²) in [7, 11) is -3.61. The molecule has 37 heavy (non-hydrogen) atoms. The summed E-state index contributed by atoms with van der Waals surface area (Å²) in [6.07, 6.45) is 1.67. The number of amides is 1. The van der Waals surface area contributed by atoms with Gasteiger partial charge in [0.2, 0.25) is 10.0 Å². The summed E-state index contributed by atoms with van der Waals surface area (Å²) < 4.78 is 38.4. The van der Waals surface area contributed by atoms with E-state index in [4.69, 9.17) is 9.47 Å². The highest BCUT2D eigenvalue weighted by molar-refractivity contribution is 7.89. The molecular formula is C27H26N4O5S. The number of sulfonamides is 1. The van der Waals surface area contributed by atoms with Crippen molar-refractivity contribution in [2.24, 2.45) is 0 Å². The maximum Gasteiger partial charge on any atom is 0.254 e. The van der Waals surface area contributed by atoms with Gasteiger partial charge in [-0.2, -0.15) is 4.31 Å². The van der Waals surface area contributed by atoms with Gasteiger partial charge in [0.15, 0.2) is 0 Å². The van der Waals surface area contributed by atoms with Gasteiger partial charge < -0.3 is 19.4 Å². The van der Waals surface area contributed by atoms with Gasteiger partial charge in [-0.05, 0) is 59.7 Å². The van der Waals surface area contributed by atoms with Gasteiger partial charge in [0.25, 0.3) is 5.91 Å². The zero-order chi connectivity index (χ0) is 25.4. The fraction of sp³-hybridized carbons (Fsp3) is 0.259. The fourth-order valence-corrected chi connectivity index (χ4v) is 6.16. The number of rotatable bonds is 4. The molecule has 9 nitrogen and oxygen atoms in total. The predicted molar refractivity (Wildman–Crippen MR) is 138 cm³/mol. The van der Waals surface area contributed by atoms with Crippen LogP contribution in [0.5, 0.6) is 5.75 Å². The van der Waals surface area contributed by atoms with Crippen molar-refractivity contribution < 1.29 is 22.7 Å². The second-order valence-corrected chi connectivity index (χ2v) is 11.0. The maximum atomic E-state index is 13.4. The average Bonchev–Trinajstić information content (AvgIpc) is 3.31. The van der Waals surface area contributed by atoms with Crippen LogP contribution < -0.4 is 4.74 Å². The van der Waals surface area contributed by atoms with Crippen LogP contribution in [0.2, 0.25) is 0 Å². The summed E-state index contributed by atoms with van der Waals surface area (Å²) in [5.74, 6) is 0.588. The number of fused-ring (bicyclic) bond motifs is 2. The van der Waals surface area contributed by atoms with Gasteiger partial charge in [-0.1, -0.05) is 12.1 Å². The van der Waals surface area contributed by atoms with Gasteiger partial charge in [0.1, 0.15) is 12.4 Å². The van der Waals surface area contributed by atoms with E-state index in [2.05, 4.69) is 22.1 Å². The van der Waals surface area contributed by atoms with Crippen LogP contribution in [0.1, 0.15) is 15.9 Å². The summed E-state index contributed by atoms with van der Waals surface area (Å²) in [6.45, 7) is 2.62. The Balaban J connectivity index is 1.22. The smallest absolute Gasteiger partial charge is 0.254 e. The van der Waals surface area contributed by atoms with Crippen LogP contribution in [0.3, 0.4) is 0 Å². The molecule has 0 aliphatic carbocycles. The first-order valence-electron chi connectivity index (χ1n) is 12.2. The Kier molecular flexibility index (Phi) is 6.15. The minimum Gasteiger partial charge on any atom is -0.491 e. The monoisotopic (exact) mass is 518 g/mol. The Bertz CT molecular complexity index is 1560. The minimum atomic E-state index is -3.61. The molecule has 1 amide bonds. The molecule has 0 saturated carbocycles. The van der Waals surface area contributed by atoms with Crippen molar-refractivity contribution in [1.29, 1.82) is 0 Å². The third-order valence-electron chi connectivity index (χ3n) is 6.79. The van der Waals surface area contributed by atoms with E-state index in [1.54, 1.807) is 23.4 Å². The summed E-state index contributed by atoms with van der Waals surface area (Å²) in [5, 5.41) is 0. The molecule has 0 unspecified atom stereocenters. The van der Waals surface area contributed by atoms with Crippen LogP contribution in [-0.4, -0.2) is 73.0 Å². The number of benzene rings is 3. The van der Waals surface area contributed by atoms with E-state index in [1.165, 1.54) is 16.4 Å². The Morgan fingerprint density at radius 2 is 1.65 bits per heavy atom. The molecular weight excluding hydrogens is 492 g/mol. The molecule has 6 rings (SSSR count). The lowest BCUT2D eigenvalue weighted by Crippen LogP contribution is -2.40. The molecule has 3 aromatic carbocycles. The molecule has 0 bridgehead atoms. The molecule has 10 heteroatoms. The number of carbonyl (C=O) groups is 1. The van der Waals surface area contributed by atoms with E-state index in [-0.39, 0.29) is 10.8 Å². The number of aromatic nitrogens is 2. The van der Waals surface area contributed by atoms with Crippen molar-refractivity contribution in [3.8, 4) is 16.9 Å². The van der Waals surface area contributed by atoms with E-state index in [9.17, 15) is 13.2 Å². The van der Waals surface area contributed by atoms with Crippen molar-refractivity contribution in [3.63, 3.8) is 0 Å².